The third kappa shape index (κ3) is 1.98. The second-order valence-electron chi connectivity index (χ2n) is 5.30. The number of aromatic nitrogens is 3. The molecule has 1 saturated carbocycles. The highest BCUT2D eigenvalue weighted by molar-refractivity contribution is 5.90. The van der Waals surface area contributed by atoms with Gasteiger partial charge in [0.15, 0.2) is 0 Å². The van der Waals surface area contributed by atoms with Crippen LogP contribution in [0.1, 0.15) is 34.8 Å². The Morgan fingerprint density at radius 1 is 1.24 bits per heavy atom. The summed E-state index contributed by atoms with van der Waals surface area (Å²) in [6, 6.07) is 9.61. The van der Waals surface area contributed by atoms with Crippen molar-refractivity contribution in [3.63, 3.8) is 0 Å². The standard InChI is InChI=1S/C16H13N3O2/c20-16(21)12-9-19(18-15(12)10-6-7-10)14-5-1-4-13-11(14)3-2-8-17-13/h1-5,8-10H,6-7H2,(H,20,21). The topological polar surface area (TPSA) is 68.0 Å². The van der Waals surface area contributed by atoms with Gasteiger partial charge in [-0.2, -0.15) is 5.10 Å². The molecule has 4 rings (SSSR count). The van der Waals surface area contributed by atoms with Gasteiger partial charge in [-0.1, -0.05) is 6.07 Å². The van der Waals surface area contributed by atoms with Crippen molar-refractivity contribution in [1.29, 1.82) is 0 Å². The van der Waals surface area contributed by atoms with E-state index in [1.807, 2.05) is 30.3 Å². The molecule has 0 radical (unpaired) electrons. The van der Waals surface area contributed by atoms with Crippen LogP contribution in [0.5, 0.6) is 0 Å². The van der Waals surface area contributed by atoms with Gasteiger partial charge in [0.05, 0.1) is 16.9 Å². The van der Waals surface area contributed by atoms with E-state index in [0.717, 1.165) is 29.4 Å². The first-order valence-corrected chi connectivity index (χ1v) is 6.91. The number of pyridine rings is 1. The molecule has 0 bridgehead atoms. The van der Waals surface area contributed by atoms with E-state index in [1.54, 1.807) is 17.1 Å². The van der Waals surface area contributed by atoms with Gasteiger partial charge in [0.25, 0.3) is 0 Å². The van der Waals surface area contributed by atoms with Crippen molar-refractivity contribution in [1.82, 2.24) is 14.8 Å². The zero-order valence-electron chi connectivity index (χ0n) is 11.2. The Hall–Kier alpha value is -2.69. The van der Waals surface area contributed by atoms with Gasteiger partial charge in [0, 0.05) is 23.7 Å². The minimum Gasteiger partial charge on any atom is -0.478 e. The highest BCUT2D eigenvalue weighted by atomic mass is 16.4. The second-order valence-corrected chi connectivity index (χ2v) is 5.30. The van der Waals surface area contributed by atoms with Gasteiger partial charge < -0.3 is 5.11 Å². The van der Waals surface area contributed by atoms with Crippen molar-refractivity contribution < 1.29 is 9.90 Å². The van der Waals surface area contributed by atoms with Crippen LogP contribution in [0, 0.1) is 0 Å². The van der Waals surface area contributed by atoms with Crippen molar-refractivity contribution in [2.45, 2.75) is 18.8 Å². The average Bonchev–Trinajstić information content (AvgIpc) is 3.25. The zero-order chi connectivity index (χ0) is 14.4. The fourth-order valence-electron chi connectivity index (χ4n) is 2.62. The Kier molecular flexibility index (Phi) is 2.54. The Morgan fingerprint density at radius 2 is 2.10 bits per heavy atom. The lowest BCUT2D eigenvalue weighted by Crippen LogP contribution is -1.98. The highest BCUT2D eigenvalue weighted by Gasteiger charge is 2.31. The number of aromatic carboxylic acids is 1. The van der Waals surface area contributed by atoms with E-state index >= 15 is 0 Å². The third-order valence-corrected chi connectivity index (χ3v) is 3.81. The SMILES string of the molecule is O=C(O)c1cn(-c2cccc3ncccc23)nc1C1CC1. The molecule has 0 spiro atoms. The first-order chi connectivity index (χ1) is 10.2. The van der Waals surface area contributed by atoms with Gasteiger partial charge in [0.1, 0.15) is 5.56 Å². The maximum atomic E-state index is 11.4. The van der Waals surface area contributed by atoms with Crippen LogP contribution in [-0.4, -0.2) is 25.8 Å². The lowest BCUT2D eigenvalue weighted by molar-refractivity contribution is 0.0695. The monoisotopic (exact) mass is 279 g/mol. The van der Waals surface area contributed by atoms with Crippen molar-refractivity contribution >= 4 is 16.9 Å². The van der Waals surface area contributed by atoms with Crippen LogP contribution in [0.4, 0.5) is 0 Å². The van der Waals surface area contributed by atoms with Crippen LogP contribution < -0.4 is 0 Å². The van der Waals surface area contributed by atoms with Crippen LogP contribution in [-0.2, 0) is 0 Å². The van der Waals surface area contributed by atoms with Crippen LogP contribution in [0.3, 0.4) is 0 Å². The molecule has 1 aromatic carbocycles. The van der Waals surface area contributed by atoms with Gasteiger partial charge in [0.2, 0.25) is 0 Å². The first-order valence-electron chi connectivity index (χ1n) is 6.91. The van der Waals surface area contributed by atoms with Crippen LogP contribution >= 0.6 is 0 Å². The highest BCUT2D eigenvalue weighted by Crippen LogP contribution is 2.41. The summed E-state index contributed by atoms with van der Waals surface area (Å²) < 4.78 is 1.67. The second kappa shape index (κ2) is 4.41. The molecule has 0 amide bonds. The fraction of sp³-hybridized carbons (Fsp3) is 0.188. The lowest BCUT2D eigenvalue weighted by atomic mass is 10.2. The summed E-state index contributed by atoms with van der Waals surface area (Å²) in [5.41, 5.74) is 2.73. The van der Waals surface area contributed by atoms with E-state index in [4.69, 9.17) is 0 Å². The first kappa shape index (κ1) is 12.1. The summed E-state index contributed by atoms with van der Waals surface area (Å²) in [5, 5.41) is 14.8. The van der Waals surface area contributed by atoms with Crippen molar-refractivity contribution in [3.05, 3.63) is 54.0 Å². The molecule has 1 fully saturated rings. The number of nitrogens with zero attached hydrogens (tertiary/aromatic N) is 3. The number of rotatable bonds is 3. The van der Waals surface area contributed by atoms with E-state index in [9.17, 15) is 9.90 Å². The Labute approximate surface area is 120 Å². The zero-order valence-corrected chi connectivity index (χ0v) is 11.2. The summed E-state index contributed by atoms with van der Waals surface area (Å²) in [5.74, 6) is -0.619. The molecule has 2 aromatic heterocycles. The molecule has 5 heteroatoms. The molecule has 1 aliphatic carbocycles. The number of hydrogen-bond acceptors (Lipinski definition) is 3. The molecular formula is C16H13N3O2. The summed E-state index contributed by atoms with van der Waals surface area (Å²) in [6.07, 6.45) is 5.40. The van der Waals surface area contributed by atoms with E-state index in [1.165, 1.54) is 0 Å². The average molecular weight is 279 g/mol. The van der Waals surface area contributed by atoms with Crippen molar-refractivity contribution in [2.75, 3.05) is 0 Å². The molecule has 1 N–H and O–H groups in total. The molecular weight excluding hydrogens is 266 g/mol. The van der Waals surface area contributed by atoms with E-state index in [2.05, 4.69) is 10.1 Å². The molecule has 0 saturated heterocycles. The van der Waals surface area contributed by atoms with Gasteiger partial charge in [-0.3, -0.25) is 4.98 Å². The van der Waals surface area contributed by atoms with Gasteiger partial charge in [-0.25, -0.2) is 9.48 Å². The van der Waals surface area contributed by atoms with E-state index in [-0.39, 0.29) is 0 Å². The normalized spacial score (nSPS) is 14.5. The van der Waals surface area contributed by atoms with Gasteiger partial charge in [-0.05, 0) is 37.1 Å². The molecule has 3 aromatic rings. The molecule has 0 atom stereocenters. The smallest absolute Gasteiger partial charge is 0.339 e. The minimum atomic E-state index is -0.915. The predicted octanol–water partition coefficient (Wildman–Crippen LogP) is 3.00. The summed E-state index contributed by atoms with van der Waals surface area (Å²) in [7, 11) is 0. The Morgan fingerprint density at radius 3 is 2.86 bits per heavy atom. The van der Waals surface area contributed by atoms with Crippen molar-refractivity contribution in [3.8, 4) is 5.69 Å². The quantitative estimate of drug-likeness (QED) is 0.800. The third-order valence-electron chi connectivity index (χ3n) is 3.81. The lowest BCUT2D eigenvalue weighted by Gasteiger charge is -2.05. The molecule has 21 heavy (non-hydrogen) atoms. The minimum absolute atomic E-state index is 0.297. The van der Waals surface area contributed by atoms with Crippen LogP contribution in [0.2, 0.25) is 0 Å². The number of fused-ring (bicyclic) bond motifs is 1. The van der Waals surface area contributed by atoms with E-state index in [0.29, 0.717) is 17.2 Å². The predicted molar refractivity (Wildman–Crippen MR) is 77.8 cm³/mol. The van der Waals surface area contributed by atoms with Gasteiger partial charge in [-0.15, -0.1) is 0 Å². The molecule has 0 aliphatic heterocycles. The Bertz CT molecular complexity index is 844. The van der Waals surface area contributed by atoms with Crippen molar-refractivity contribution in [2.24, 2.45) is 0 Å². The Balaban J connectivity index is 1.93. The molecule has 5 nitrogen and oxygen atoms in total. The van der Waals surface area contributed by atoms with Gasteiger partial charge >= 0.3 is 5.97 Å². The fourth-order valence-corrected chi connectivity index (χ4v) is 2.62. The number of hydrogen-bond donors (Lipinski definition) is 1. The summed E-state index contributed by atoms with van der Waals surface area (Å²) >= 11 is 0. The number of carboxylic acid groups (broad SMARTS) is 1. The molecule has 1 aliphatic rings. The maximum absolute atomic E-state index is 11.4. The maximum Gasteiger partial charge on any atom is 0.339 e. The number of carbonyl (C=O) groups is 1. The molecule has 0 unspecified atom stereocenters. The van der Waals surface area contributed by atoms with Crippen LogP contribution in [0.25, 0.3) is 16.6 Å². The summed E-state index contributed by atoms with van der Waals surface area (Å²) in [4.78, 5) is 15.7. The van der Waals surface area contributed by atoms with E-state index < -0.39 is 5.97 Å². The number of benzene rings is 1. The molecule has 104 valence electrons. The van der Waals surface area contributed by atoms with Crippen LogP contribution in [0.15, 0.2) is 42.7 Å². The number of carboxylic acids is 1. The summed E-state index contributed by atoms with van der Waals surface area (Å²) in [6.45, 7) is 0. The molecule has 2 heterocycles. The largest absolute Gasteiger partial charge is 0.478 e.